The summed E-state index contributed by atoms with van der Waals surface area (Å²) in [5, 5.41) is 5.56. The van der Waals surface area contributed by atoms with Crippen molar-refractivity contribution in [3.63, 3.8) is 0 Å². The molecule has 0 unspecified atom stereocenters. The van der Waals surface area contributed by atoms with Crippen LogP contribution in [0, 0.1) is 0 Å². The highest BCUT2D eigenvalue weighted by molar-refractivity contribution is 6.33. The van der Waals surface area contributed by atoms with E-state index in [2.05, 4.69) is 10.6 Å². The molecule has 2 aromatic carbocycles. The molecule has 2 N–H and O–H groups in total. The molecule has 1 fully saturated rings. The van der Waals surface area contributed by atoms with Crippen molar-refractivity contribution < 1.29 is 22.7 Å². The van der Waals surface area contributed by atoms with Crippen LogP contribution in [0.25, 0.3) is 0 Å². The van der Waals surface area contributed by atoms with Crippen LogP contribution in [0.1, 0.15) is 24.0 Å². The predicted octanol–water partition coefficient (Wildman–Crippen LogP) is 5.23. The van der Waals surface area contributed by atoms with Gasteiger partial charge in [0.05, 0.1) is 16.3 Å². The molecule has 144 valence electrons. The van der Waals surface area contributed by atoms with Crippen molar-refractivity contribution in [3.8, 4) is 0 Å². The maximum absolute atomic E-state index is 13.1. The standard InChI is InChI=1S/C19H18ClF3N2O2/c20-16-8-4-7-15(19(21,22)23)17(16)24-13-9-14(10-13)25-18(26)27-11-12-5-2-1-3-6-12/h1-8,13-14,24H,9-11H2,(H,25,26). The number of amides is 1. The summed E-state index contributed by atoms with van der Waals surface area (Å²) in [4.78, 5) is 11.8. The average Bonchev–Trinajstić information content (AvgIpc) is 2.59. The smallest absolute Gasteiger partial charge is 0.418 e. The van der Waals surface area contributed by atoms with Gasteiger partial charge in [-0.05, 0) is 30.5 Å². The Labute approximate surface area is 159 Å². The summed E-state index contributed by atoms with van der Waals surface area (Å²) in [6, 6.07) is 12.6. The number of carbonyl (C=O) groups excluding carboxylic acids is 1. The SMILES string of the molecule is O=C(NC1CC(Nc2c(Cl)cccc2C(F)(F)F)C1)OCc1ccccc1. The van der Waals surface area contributed by atoms with Gasteiger partial charge in [-0.15, -0.1) is 0 Å². The number of ether oxygens (including phenoxy) is 1. The van der Waals surface area contributed by atoms with E-state index in [1.54, 1.807) is 0 Å². The third kappa shape index (κ3) is 5.07. The monoisotopic (exact) mass is 398 g/mol. The van der Waals surface area contributed by atoms with E-state index in [4.69, 9.17) is 16.3 Å². The molecular weight excluding hydrogens is 381 g/mol. The molecule has 0 bridgehead atoms. The second-order valence-electron chi connectivity index (χ2n) is 6.38. The van der Waals surface area contributed by atoms with E-state index in [9.17, 15) is 18.0 Å². The quantitative estimate of drug-likeness (QED) is 0.725. The lowest BCUT2D eigenvalue weighted by Crippen LogP contribution is -2.50. The first-order chi connectivity index (χ1) is 12.8. The van der Waals surface area contributed by atoms with Crippen LogP contribution in [0.3, 0.4) is 0 Å². The Kier molecular flexibility index (Phi) is 5.79. The second-order valence-corrected chi connectivity index (χ2v) is 6.78. The summed E-state index contributed by atoms with van der Waals surface area (Å²) in [6.07, 6.45) is -4.06. The molecule has 0 heterocycles. The molecular formula is C19H18ClF3N2O2. The van der Waals surface area contributed by atoms with Gasteiger partial charge in [-0.25, -0.2) is 4.79 Å². The van der Waals surface area contributed by atoms with Crippen molar-refractivity contribution in [3.05, 3.63) is 64.7 Å². The van der Waals surface area contributed by atoms with Gasteiger partial charge in [-0.3, -0.25) is 0 Å². The Hall–Kier alpha value is -2.41. The summed E-state index contributed by atoms with van der Waals surface area (Å²) in [7, 11) is 0. The number of alkyl halides is 3. The van der Waals surface area contributed by atoms with Crippen molar-refractivity contribution in [2.45, 2.75) is 37.7 Å². The van der Waals surface area contributed by atoms with E-state index in [-0.39, 0.29) is 29.4 Å². The van der Waals surface area contributed by atoms with Gasteiger partial charge in [-0.2, -0.15) is 13.2 Å². The molecule has 1 saturated carbocycles. The minimum Gasteiger partial charge on any atom is -0.445 e. The van der Waals surface area contributed by atoms with Crippen LogP contribution in [0.2, 0.25) is 5.02 Å². The van der Waals surface area contributed by atoms with Crippen LogP contribution in [-0.4, -0.2) is 18.2 Å². The fourth-order valence-corrected chi connectivity index (χ4v) is 3.13. The lowest BCUT2D eigenvalue weighted by molar-refractivity contribution is -0.137. The van der Waals surface area contributed by atoms with Crippen LogP contribution in [-0.2, 0) is 17.5 Å². The van der Waals surface area contributed by atoms with Gasteiger partial charge in [0.1, 0.15) is 6.61 Å². The highest BCUT2D eigenvalue weighted by Gasteiger charge is 2.37. The van der Waals surface area contributed by atoms with Crippen LogP contribution >= 0.6 is 11.6 Å². The minimum absolute atomic E-state index is 0.0171. The molecule has 3 rings (SSSR count). The molecule has 8 heteroatoms. The van der Waals surface area contributed by atoms with E-state index in [0.717, 1.165) is 11.6 Å². The minimum atomic E-state index is -4.49. The van der Waals surface area contributed by atoms with Gasteiger partial charge in [-0.1, -0.05) is 48.0 Å². The first-order valence-corrected chi connectivity index (χ1v) is 8.80. The van der Waals surface area contributed by atoms with E-state index in [0.29, 0.717) is 12.8 Å². The molecule has 1 aliphatic carbocycles. The molecule has 0 aromatic heterocycles. The zero-order valence-electron chi connectivity index (χ0n) is 14.2. The summed E-state index contributed by atoms with van der Waals surface area (Å²) in [5.41, 5.74) is -0.0466. The largest absolute Gasteiger partial charge is 0.445 e. The molecule has 0 saturated heterocycles. The molecule has 0 radical (unpaired) electrons. The molecule has 0 atom stereocenters. The Morgan fingerprint density at radius 2 is 1.78 bits per heavy atom. The number of alkyl carbamates (subject to hydrolysis) is 1. The Bertz CT molecular complexity index is 793. The molecule has 0 aliphatic heterocycles. The van der Waals surface area contributed by atoms with Gasteiger partial charge in [0, 0.05) is 12.1 Å². The lowest BCUT2D eigenvalue weighted by Gasteiger charge is -2.37. The van der Waals surface area contributed by atoms with E-state index in [1.807, 2.05) is 30.3 Å². The molecule has 27 heavy (non-hydrogen) atoms. The summed E-state index contributed by atoms with van der Waals surface area (Å²) in [5.74, 6) is 0. The second kappa shape index (κ2) is 8.08. The summed E-state index contributed by atoms with van der Waals surface area (Å²) in [6.45, 7) is 0.162. The number of halogens is 4. The number of rotatable bonds is 5. The molecule has 2 aromatic rings. The zero-order valence-corrected chi connectivity index (χ0v) is 15.0. The van der Waals surface area contributed by atoms with Gasteiger partial charge in [0.25, 0.3) is 0 Å². The first kappa shape index (κ1) is 19.4. The maximum Gasteiger partial charge on any atom is 0.418 e. The zero-order chi connectivity index (χ0) is 19.4. The first-order valence-electron chi connectivity index (χ1n) is 8.42. The van der Waals surface area contributed by atoms with E-state index < -0.39 is 17.8 Å². The number of anilines is 1. The van der Waals surface area contributed by atoms with Crippen LogP contribution in [0.5, 0.6) is 0 Å². The maximum atomic E-state index is 13.1. The molecule has 1 amide bonds. The van der Waals surface area contributed by atoms with Gasteiger partial charge < -0.3 is 15.4 Å². The number of carbonyl (C=O) groups is 1. The van der Waals surface area contributed by atoms with Crippen molar-refractivity contribution in [2.75, 3.05) is 5.32 Å². The topological polar surface area (TPSA) is 50.4 Å². The highest BCUT2D eigenvalue weighted by Crippen LogP contribution is 2.40. The average molecular weight is 399 g/mol. The predicted molar refractivity (Wildman–Crippen MR) is 96.6 cm³/mol. The number of hydrogen-bond acceptors (Lipinski definition) is 3. The number of benzene rings is 2. The Morgan fingerprint density at radius 1 is 1.07 bits per heavy atom. The van der Waals surface area contributed by atoms with Crippen LogP contribution in [0.15, 0.2) is 48.5 Å². The fourth-order valence-electron chi connectivity index (χ4n) is 2.90. The summed E-state index contributed by atoms with van der Waals surface area (Å²) >= 11 is 5.93. The number of nitrogens with one attached hydrogen (secondary N) is 2. The van der Waals surface area contributed by atoms with Gasteiger partial charge >= 0.3 is 12.3 Å². The molecule has 1 aliphatic rings. The number of hydrogen-bond donors (Lipinski definition) is 2. The van der Waals surface area contributed by atoms with Crippen LogP contribution in [0.4, 0.5) is 23.7 Å². The van der Waals surface area contributed by atoms with Crippen molar-refractivity contribution in [1.29, 1.82) is 0 Å². The van der Waals surface area contributed by atoms with Crippen molar-refractivity contribution in [2.24, 2.45) is 0 Å². The lowest BCUT2D eigenvalue weighted by atomic mass is 9.86. The number of para-hydroxylation sites is 1. The third-order valence-corrected chi connectivity index (χ3v) is 4.66. The summed E-state index contributed by atoms with van der Waals surface area (Å²) < 4.78 is 44.4. The fraction of sp³-hybridized carbons (Fsp3) is 0.316. The van der Waals surface area contributed by atoms with E-state index >= 15 is 0 Å². The third-order valence-electron chi connectivity index (χ3n) is 4.34. The Morgan fingerprint density at radius 3 is 2.44 bits per heavy atom. The van der Waals surface area contributed by atoms with Crippen molar-refractivity contribution >= 4 is 23.4 Å². The van der Waals surface area contributed by atoms with Gasteiger partial charge in [0.2, 0.25) is 0 Å². The highest BCUT2D eigenvalue weighted by atomic mass is 35.5. The van der Waals surface area contributed by atoms with Crippen LogP contribution < -0.4 is 10.6 Å². The molecule has 0 spiro atoms. The van der Waals surface area contributed by atoms with E-state index in [1.165, 1.54) is 12.1 Å². The molecule has 4 nitrogen and oxygen atoms in total. The van der Waals surface area contributed by atoms with Crippen molar-refractivity contribution in [1.82, 2.24) is 5.32 Å². The normalized spacial score (nSPS) is 19.1. The van der Waals surface area contributed by atoms with Gasteiger partial charge in [0.15, 0.2) is 0 Å². The Balaban J connectivity index is 1.47.